The molecule has 0 bridgehead atoms. The summed E-state index contributed by atoms with van der Waals surface area (Å²) >= 11 is 0. The summed E-state index contributed by atoms with van der Waals surface area (Å²) in [5.41, 5.74) is 2.97. The van der Waals surface area contributed by atoms with Gasteiger partial charge in [0.15, 0.2) is 0 Å². The number of alkyl halides is 1. The van der Waals surface area contributed by atoms with E-state index in [0.29, 0.717) is 12.5 Å². The van der Waals surface area contributed by atoms with Gasteiger partial charge < -0.3 is 19.9 Å². The molecule has 3 amide bonds. The number of morpholine rings is 1. The van der Waals surface area contributed by atoms with E-state index in [1.54, 1.807) is 6.92 Å². The van der Waals surface area contributed by atoms with Crippen molar-refractivity contribution in [1.82, 2.24) is 15.1 Å². The third-order valence-electron chi connectivity index (χ3n) is 7.34. The van der Waals surface area contributed by atoms with Crippen LogP contribution in [0, 0.1) is 0 Å². The van der Waals surface area contributed by atoms with E-state index in [9.17, 15) is 18.8 Å². The van der Waals surface area contributed by atoms with Gasteiger partial charge in [0.1, 0.15) is 18.3 Å². The van der Waals surface area contributed by atoms with Crippen LogP contribution in [0.1, 0.15) is 62.8 Å². The first-order valence-electron chi connectivity index (χ1n) is 13.0. The molecule has 4 rings (SSSR count). The Balaban J connectivity index is 1.59. The van der Waals surface area contributed by atoms with Crippen molar-refractivity contribution in [2.24, 2.45) is 0 Å². The summed E-state index contributed by atoms with van der Waals surface area (Å²) in [6.07, 6.45) is -1.97. The fraction of sp³-hybridized carbons (Fsp3) is 0.483. The maximum atomic E-state index is 14.7. The van der Waals surface area contributed by atoms with Crippen LogP contribution in [-0.4, -0.2) is 71.6 Å². The number of hydrogen-bond acceptors (Lipinski definition) is 4. The maximum absolute atomic E-state index is 14.7. The van der Waals surface area contributed by atoms with Crippen molar-refractivity contribution in [3.8, 4) is 0 Å². The predicted molar refractivity (Wildman–Crippen MR) is 139 cm³/mol. The SMILES string of the molecule is CC(=O)N1CCO[C@@H](C)[C@@H]1C(=O)N1C[C@H](F)C[C@H]1C(=O)N[C@@H](c1ccccc1)c1ccc(C(C)C)cc1. The number of hydrogen-bond donors (Lipinski definition) is 1. The minimum absolute atomic E-state index is 0.0899. The molecule has 7 nitrogen and oxygen atoms in total. The van der Waals surface area contributed by atoms with E-state index in [4.69, 9.17) is 4.74 Å². The van der Waals surface area contributed by atoms with Crippen LogP contribution in [0.4, 0.5) is 4.39 Å². The van der Waals surface area contributed by atoms with Gasteiger partial charge in [0.2, 0.25) is 17.7 Å². The predicted octanol–water partition coefficient (Wildman–Crippen LogP) is 3.59. The zero-order chi connectivity index (χ0) is 26.7. The van der Waals surface area contributed by atoms with Gasteiger partial charge in [-0.05, 0) is 29.5 Å². The van der Waals surface area contributed by atoms with Gasteiger partial charge in [-0.2, -0.15) is 0 Å². The van der Waals surface area contributed by atoms with Gasteiger partial charge in [-0.25, -0.2) is 4.39 Å². The van der Waals surface area contributed by atoms with Crippen molar-refractivity contribution >= 4 is 17.7 Å². The summed E-state index contributed by atoms with van der Waals surface area (Å²) in [6.45, 7) is 7.79. The van der Waals surface area contributed by atoms with Crippen molar-refractivity contribution in [2.45, 2.75) is 70.4 Å². The number of nitrogens with one attached hydrogen (secondary N) is 1. The zero-order valence-electron chi connectivity index (χ0n) is 21.9. The largest absolute Gasteiger partial charge is 0.374 e. The molecule has 2 aliphatic rings. The third-order valence-corrected chi connectivity index (χ3v) is 7.34. The number of carbonyl (C=O) groups is 3. The topological polar surface area (TPSA) is 79.0 Å². The Morgan fingerprint density at radius 2 is 1.59 bits per heavy atom. The lowest BCUT2D eigenvalue weighted by Crippen LogP contribution is -2.61. The van der Waals surface area contributed by atoms with Gasteiger partial charge in [-0.15, -0.1) is 0 Å². The van der Waals surface area contributed by atoms with E-state index in [1.807, 2.05) is 54.6 Å². The van der Waals surface area contributed by atoms with Crippen LogP contribution in [0.5, 0.6) is 0 Å². The minimum atomic E-state index is -1.33. The molecule has 0 spiro atoms. The van der Waals surface area contributed by atoms with Crippen LogP contribution in [0.2, 0.25) is 0 Å². The van der Waals surface area contributed by atoms with E-state index < -0.39 is 42.2 Å². The average Bonchev–Trinajstić information content (AvgIpc) is 3.29. The summed E-state index contributed by atoms with van der Waals surface area (Å²) in [5, 5.41) is 3.08. The van der Waals surface area contributed by atoms with Crippen molar-refractivity contribution in [3.63, 3.8) is 0 Å². The number of carbonyl (C=O) groups excluding carboxylic acids is 3. The standard InChI is InChI=1S/C29H36FN3O4/c1-18(2)21-10-12-23(13-11-21)26(22-8-6-5-7-9-22)31-28(35)25-16-24(30)17-33(25)29(36)27-19(3)37-15-14-32(27)20(4)34/h5-13,18-19,24-27H,14-17H2,1-4H3,(H,31,35)/t19-,24+,25-,26-,27+/m0/s1. The molecule has 198 valence electrons. The highest BCUT2D eigenvalue weighted by Crippen LogP contribution is 2.28. The molecule has 37 heavy (non-hydrogen) atoms. The molecule has 5 atom stereocenters. The molecule has 2 aromatic carbocycles. The molecule has 0 radical (unpaired) electrons. The molecule has 0 unspecified atom stereocenters. The number of likely N-dealkylation sites (tertiary alicyclic amines) is 1. The smallest absolute Gasteiger partial charge is 0.248 e. The molecule has 2 aliphatic heterocycles. The molecule has 2 aromatic rings. The van der Waals surface area contributed by atoms with Crippen molar-refractivity contribution in [2.75, 3.05) is 19.7 Å². The number of halogens is 1. The summed E-state index contributed by atoms with van der Waals surface area (Å²) < 4.78 is 20.3. The quantitative estimate of drug-likeness (QED) is 0.646. The molecule has 2 saturated heterocycles. The Hall–Kier alpha value is -3.26. The number of benzene rings is 2. The molecule has 0 aliphatic carbocycles. The molecule has 2 heterocycles. The van der Waals surface area contributed by atoms with Crippen LogP contribution >= 0.6 is 0 Å². The number of amides is 3. The summed E-state index contributed by atoms with van der Waals surface area (Å²) in [5.74, 6) is -0.757. The van der Waals surface area contributed by atoms with Crippen LogP contribution in [0.3, 0.4) is 0 Å². The van der Waals surface area contributed by atoms with Crippen LogP contribution in [0.25, 0.3) is 0 Å². The Bertz CT molecular complexity index is 1110. The Labute approximate surface area is 218 Å². The Morgan fingerprint density at radius 1 is 0.973 bits per heavy atom. The second kappa shape index (κ2) is 11.4. The fourth-order valence-electron chi connectivity index (χ4n) is 5.27. The molecule has 2 fully saturated rings. The van der Waals surface area contributed by atoms with Gasteiger partial charge in [0.05, 0.1) is 25.3 Å². The lowest BCUT2D eigenvalue weighted by Gasteiger charge is -2.40. The van der Waals surface area contributed by atoms with E-state index in [-0.39, 0.29) is 25.4 Å². The molecular formula is C29H36FN3O4. The normalized spacial score (nSPS) is 24.7. The second-order valence-corrected chi connectivity index (χ2v) is 10.2. The van der Waals surface area contributed by atoms with Gasteiger partial charge in [0, 0.05) is 19.9 Å². The molecule has 0 saturated carbocycles. The summed E-state index contributed by atoms with van der Waals surface area (Å²) in [7, 11) is 0. The summed E-state index contributed by atoms with van der Waals surface area (Å²) in [4.78, 5) is 42.2. The van der Waals surface area contributed by atoms with E-state index in [1.165, 1.54) is 22.3 Å². The molecular weight excluding hydrogens is 473 g/mol. The van der Waals surface area contributed by atoms with E-state index >= 15 is 0 Å². The number of ether oxygens (including phenoxy) is 1. The molecule has 0 aromatic heterocycles. The van der Waals surface area contributed by atoms with Crippen molar-refractivity contribution in [1.29, 1.82) is 0 Å². The second-order valence-electron chi connectivity index (χ2n) is 10.2. The average molecular weight is 510 g/mol. The van der Waals surface area contributed by atoms with E-state index in [0.717, 1.165) is 11.1 Å². The van der Waals surface area contributed by atoms with Gasteiger partial charge >= 0.3 is 0 Å². The van der Waals surface area contributed by atoms with Crippen molar-refractivity contribution in [3.05, 3.63) is 71.3 Å². The van der Waals surface area contributed by atoms with Crippen LogP contribution in [0.15, 0.2) is 54.6 Å². The monoisotopic (exact) mass is 509 g/mol. The number of rotatable bonds is 6. The summed E-state index contributed by atoms with van der Waals surface area (Å²) in [6, 6.07) is 15.3. The maximum Gasteiger partial charge on any atom is 0.248 e. The van der Waals surface area contributed by atoms with Gasteiger partial charge in [-0.1, -0.05) is 68.4 Å². The van der Waals surface area contributed by atoms with Crippen molar-refractivity contribution < 1.29 is 23.5 Å². The highest BCUT2D eigenvalue weighted by Gasteiger charge is 2.46. The first kappa shape index (κ1) is 26.8. The highest BCUT2D eigenvalue weighted by molar-refractivity contribution is 5.93. The Morgan fingerprint density at radius 3 is 2.22 bits per heavy atom. The van der Waals surface area contributed by atoms with Gasteiger partial charge in [-0.3, -0.25) is 14.4 Å². The third kappa shape index (κ3) is 5.85. The number of nitrogens with zero attached hydrogens (tertiary/aromatic N) is 2. The first-order chi connectivity index (χ1) is 17.7. The van der Waals surface area contributed by atoms with Crippen LogP contribution < -0.4 is 5.32 Å². The molecule has 1 N–H and O–H groups in total. The Kier molecular flexibility index (Phi) is 8.27. The molecule has 8 heteroatoms. The lowest BCUT2D eigenvalue weighted by molar-refractivity contribution is -0.161. The highest BCUT2D eigenvalue weighted by atomic mass is 19.1. The first-order valence-corrected chi connectivity index (χ1v) is 13.0. The fourth-order valence-corrected chi connectivity index (χ4v) is 5.27. The lowest BCUT2D eigenvalue weighted by atomic mass is 9.95. The van der Waals surface area contributed by atoms with Gasteiger partial charge in [0.25, 0.3) is 0 Å². The zero-order valence-corrected chi connectivity index (χ0v) is 21.9. The van der Waals surface area contributed by atoms with Crippen LogP contribution in [-0.2, 0) is 19.1 Å². The van der Waals surface area contributed by atoms with E-state index in [2.05, 4.69) is 19.2 Å². The minimum Gasteiger partial charge on any atom is -0.374 e.